The van der Waals surface area contributed by atoms with E-state index in [2.05, 4.69) is 60.8 Å². The molecule has 2 aromatic heterocycles. The molecule has 10 heteroatoms. The van der Waals surface area contributed by atoms with Gasteiger partial charge in [0.25, 0.3) is 0 Å². The predicted octanol–water partition coefficient (Wildman–Crippen LogP) is 4.42. The van der Waals surface area contributed by atoms with E-state index in [1.165, 1.54) is 16.6 Å². The first-order valence-corrected chi connectivity index (χ1v) is 16.4. The molecule has 10 nitrogen and oxygen atoms in total. The highest BCUT2D eigenvalue weighted by atomic mass is 16.5. The third-order valence-electron chi connectivity index (χ3n) is 9.11. The molecular formula is C34H56N6O4. The number of piperidine rings is 1. The van der Waals surface area contributed by atoms with Gasteiger partial charge in [0.2, 0.25) is 5.91 Å². The number of likely N-dealkylation sites (tertiary alicyclic amines) is 1. The fourth-order valence-corrected chi connectivity index (χ4v) is 6.57. The minimum Gasteiger partial charge on any atom is -0.379 e. The first-order valence-electron chi connectivity index (χ1n) is 16.4. The number of carbonyl (C=O) groups is 2. The summed E-state index contributed by atoms with van der Waals surface area (Å²) in [5.74, 6) is 0.437. The maximum absolute atomic E-state index is 13.3. The average Bonchev–Trinajstić information content (AvgIpc) is 3.26. The normalized spacial score (nSPS) is 19.1. The molecule has 2 aliphatic heterocycles. The van der Waals surface area contributed by atoms with Gasteiger partial charge in [0, 0.05) is 87.4 Å². The lowest BCUT2D eigenvalue weighted by Gasteiger charge is -2.46. The fourth-order valence-electron chi connectivity index (χ4n) is 6.57. The largest absolute Gasteiger partial charge is 0.379 e. The van der Waals surface area contributed by atoms with Gasteiger partial charge in [-0.15, -0.1) is 0 Å². The molecule has 44 heavy (non-hydrogen) atoms. The van der Waals surface area contributed by atoms with Crippen LogP contribution in [0, 0.1) is 10.8 Å². The van der Waals surface area contributed by atoms with Crippen LogP contribution in [-0.2, 0) is 32.2 Å². The van der Waals surface area contributed by atoms with Crippen molar-refractivity contribution in [1.82, 2.24) is 29.8 Å². The lowest BCUT2D eigenvalue weighted by Crippen LogP contribution is -2.48. The van der Waals surface area contributed by atoms with Crippen LogP contribution in [0.2, 0.25) is 0 Å². The van der Waals surface area contributed by atoms with Crippen molar-refractivity contribution in [1.29, 1.82) is 0 Å². The maximum atomic E-state index is 13.3. The van der Waals surface area contributed by atoms with E-state index in [0.29, 0.717) is 51.9 Å². The fraction of sp³-hybridized carbons (Fsp3) is 0.735. The van der Waals surface area contributed by atoms with Crippen molar-refractivity contribution >= 4 is 22.7 Å². The number of nitrogens with zero attached hydrogens (tertiary/aromatic N) is 5. The van der Waals surface area contributed by atoms with Crippen LogP contribution < -0.4 is 5.32 Å². The predicted molar refractivity (Wildman–Crippen MR) is 174 cm³/mol. The summed E-state index contributed by atoms with van der Waals surface area (Å²) >= 11 is 0. The van der Waals surface area contributed by atoms with Gasteiger partial charge in [-0.2, -0.15) is 0 Å². The monoisotopic (exact) mass is 612 g/mol. The van der Waals surface area contributed by atoms with E-state index in [1.807, 2.05) is 37.9 Å². The number of rotatable bonds is 13. The summed E-state index contributed by atoms with van der Waals surface area (Å²) in [6, 6.07) is 4.83. The number of ketones is 1. The Labute approximate surface area is 264 Å². The van der Waals surface area contributed by atoms with Gasteiger partial charge in [0.05, 0.1) is 39.0 Å². The quantitative estimate of drug-likeness (QED) is 0.333. The molecule has 1 atom stereocenters. The first-order chi connectivity index (χ1) is 20.8. The molecule has 1 amide bonds. The van der Waals surface area contributed by atoms with E-state index in [0.717, 1.165) is 44.7 Å². The highest BCUT2D eigenvalue weighted by molar-refractivity contribution is 5.84. The van der Waals surface area contributed by atoms with Crippen LogP contribution in [0.3, 0.4) is 0 Å². The second-order valence-electron chi connectivity index (χ2n) is 14.6. The minimum absolute atomic E-state index is 0.0380. The number of ether oxygens (including phenoxy) is 2. The second kappa shape index (κ2) is 14.8. The minimum atomic E-state index is -0.310. The molecule has 4 heterocycles. The number of nitrogens with one attached hydrogen (secondary N) is 1. The first kappa shape index (κ1) is 34.5. The molecule has 2 aromatic rings. The van der Waals surface area contributed by atoms with Crippen LogP contribution in [-0.4, -0.2) is 102 Å². The van der Waals surface area contributed by atoms with Crippen molar-refractivity contribution in [3.8, 4) is 0 Å². The molecule has 0 spiro atoms. The molecule has 0 saturated carbocycles. The van der Waals surface area contributed by atoms with Crippen molar-refractivity contribution in [2.75, 3.05) is 60.2 Å². The Morgan fingerprint density at radius 1 is 0.977 bits per heavy atom. The van der Waals surface area contributed by atoms with E-state index in [-0.39, 0.29) is 28.6 Å². The number of pyridine rings is 1. The summed E-state index contributed by atoms with van der Waals surface area (Å²) in [7, 11) is 4.31. The van der Waals surface area contributed by atoms with E-state index in [1.54, 1.807) is 0 Å². The van der Waals surface area contributed by atoms with E-state index < -0.39 is 0 Å². The van der Waals surface area contributed by atoms with Crippen LogP contribution in [0.1, 0.15) is 84.5 Å². The van der Waals surface area contributed by atoms with Gasteiger partial charge >= 0.3 is 0 Å². The lowest BCUT2D eigenvalue weighted by atomic mass is 9.80. The summed E-state index contributed by atoms with van der Waals surface area (Å²) in [5, 5.41) is 9.41. The molecule has 246 valence electrons. The number of aromatic nitrogens is 2. The summed E-state index contributed by atoms with van der Waals surface area (Å²) in [6.45, 7) is 18.6. The zero-order valence-electron chi connectivity index (χ0n) is 28.4. The summed E-state index contributed by atoms with van der Waals surface area (Å²) in [6.07, 6.45) is 4.68. The molecule has 1 unspecified atom stereocenters. The molecule has 0 radical (unpaired) electrons. The molecule has 0 aromatic carbocycles. The van der Waals surface area contributed by atoms with Crippen LogP contribution in [0.5, 0.6) is 0 Å². The number of hydrogen-bond donors (Lipinski definition) is 1. The van der Waals surface area contributed by atoms with E-state index >= 15 is 0 Å². The van der Waals surface area contributed by atoms with Crippen LogP contribution in [0.4, 0.5) is 0 Å². The standard InChI is InChI=1S/C34H56N6O4/c1-33(2,3)28(41)14-20-43-22-23-44-21-16-35-25-11-17-39(18-12-25)29(42)13-19-40-27-24-37(7)38(8)31(34(4,5)6)30(27)26-10-9-15-36-32(26)40/h9-10,15,25,31,35H,11-14,16-24H2,1-8H3. The Bertz CT molecular complexity index is 1250. The van der Waals surface area contributed by atoms with Gasteiger partial charge in [-0.1, -0.05) is 41.5 Å². The Morgan fingerprint density at radius 2 is 1.66 bits per heavy atom. The van der Waals surface area contributed by atoms with Gasteiger partial charge in [-0.25, -0.2) is 15.0 Å². The SMILES string of the molecule is CN1Cc2c(c3cccnc3n2CCC(=O)N2CCC(NCCOCCOCCC(=O)C(C)(C)C)CC2)C(C(C)(C)C)N1C. The van der Waals surface area contributed by atoms with Crippen LogP contribution in [0.25, 0.3) is 11.0 Å². The second-order valence-corrected chi connectivity index (χ2v) is 14.6. The molecule has 2 aliphatic rings. The topological polar surface area (TPSA) is 92.2 Å². The van der Waals surface area contributed by atoms with Crippen LogP contribution in [0.15, 0.2) is 18.3 Å². The van der Waals surface area contributed by atoms with Crippen molar-refractivity contribution in [2.24, 2.45) is 10.8 Å². The van der Waals surface area contributed by atoms with Crippen molar-refractivity contribution in [3.63, 3.8) is 0 Å². The third kappa shape index (κ3) is 8.46. The Morgan fingerprint density at radius 3 is 2.32 bits per heavy atom. The number of fused-ring (bicyclic) bond motifs is 3. The van der Waals surface area contributed by atoms with Gasteiger partial charge in [-0.05, 0) is 30.4 Å². The average molecular weight is 613 g/mol. The molecule has 1 saturated heterocycles. The van der Waals surface area contributed by atoms with Gasteiger partial charge < -0.3 is 24.3 Å². The summed E-state index contributed by atoms with van der Waals surface area (Å²) in [4.78, 5) is 32.1. The zero-order valence-corrected chi connectivity index (χ0v) is 28.4. The van der Waals surface area contributed by atoms with E-state index in [9.17, 15) is 9.59 Å². The van der Waals surface area contributed by atoms with Gasteiger partial charge in [0.1, 0.15) is 11.4 Å². The Hall–Kier alpha value is -2.37. The number of hydrazine groups is 1. The number of amides is 1. The Balaban J connectivity index is 1.20. The van der Waals surface area contributed by atoms with E-state index in [4.69, 9.17) is 14.5 Å². The summed E-state index contributed by atoms with van der Waals surface area (Å²) in [5.41, 5.74) is 3.34. The van der Waals surface area contributed by atoms with Gasteiger partial charge in [0.15, 0.2) is 0 Å². The lowest BCUT2D eigenvalue weighted by molar-refractivity contribution is -0.132. The highest BCUT2D eigenvalue weighted by Crippen LogP contribution is 2.46. The smallest absolute Gasteiger partial charge is 0.224 e. The molecule has 1 N–H and O–H groups in total. The number of hydrogen-bond acceptors (Lipinski definition) is 8. The third-order valence-corrected chi connectivity index (χ3v) is 9.11. The number of carbonyl (C=O) groups excluding carboxylic acids is 2. The van der Waals surface area contributed by atoms with Crippen molar-refractivity contribution in [2.45, 2.75) is 92.4 Å². The van der Waals surface area contributed by atoms with Crippen LogP contribution >= 0.6 is 0 Å². The van der Waals surface area contributed by atoms with Crippen molar-refractivity contribution in [3.05, 3.63) is 29.6 Å². The Kier molecular flexibility index (Phi) is 11.6. The maximum Gasteiger partial charge on any atom is 0.224 e. The zero-order chi connectivity index (χ0) is 32.1. The number of aryl methyl sites for hydroxylation is 1. The molecule has 0 bridgehead atoms. The van der Waals surface area contributed by atoms with Gasteiger partial charge in [-0.3, -0.25) is 9.59 Å². The molecule has 4 rings (SSSR count). The molecular weight excluding hydrogens is 556 g/mol. The van der Waals surface area contributed by atoms with Crippen molar-refractivity contribution < 1.29 is 19.1 Å². The highest BCUT2D eigenvalue weighted by Gasteiger charge is 2.40. The molecule has 1 fully saturated rings. The molecule has 0 aliphatic carbocycles. The number of Topliss-reactive ketones (excluding diaryl/α,β-unsaturated/α-hetero) is 1. The summed E-state index contributed by atoms with van der Waals surface area (Å²) < 4.78 is 13.5.